The predicted molar refractivity (Wildman–Crippen MR) is 47.3 cm³/mol. The van der Waals surface area contributed by atoms with Crippen molar-refractivity contribution in [2.24, 2.45) is 11.5 Å². The summed E-state index contributed by atoms with van der Waals surface area (Å²) in [6.45, 7) is 0.0175. The molecule has 1 aromatic carbocycles. The number of hydrogen-bond acceptors (Lipinski definition) is 2. The van der Waals surface area contributed by atoms with Gasteiger partial charge in [-0.25, -0.2) is 13.2 Å². The Morgan fingerprint density at radius 1 is 1.29 bits per heavy atom. The van der Waals surface area contributed by atoms with E-state index in [1.807, 2.05) is 0 Å². The van der Waals surface area contributed by atoms with Crippen LogP contribution >= 0.6 is 0 Å². The van der Waals surface area contributed by atoms with Gasteiger partial charge in [0.1, 0.15) is 5.82 Å². The van der Waals surface area contributed by atoms with Crippen LogP contribution in [-0.4, -0.2) is 6.54 Å². The van der Waals surface area contributed by atoms with Gasteiger partial charge in [-0.1, -0.05) is 6.07 Å². The van der Waals surface area contributed by atoms with E-state index >= 15 is 0 Å². The van der Waals surface area contributed by atoms with Crippen molar-refractivity contribution >= 4 is 0 Å². The maximum absolute atomic E-state index is 13.1. The van der Waals surface area contributed by atoms with Gasteiger partial charge in [-0.05, 0) is 12.1 Å². The Hall–Kier alpha value is -1.07. The Morgan fingerprint density at radius 2 is 1.93 bits per heavy atom. The van der Waals surface area contributed by atoms with Crippen LogP contribution in [0.4, 0.5) is 13.2 Å². The van der Waals surface area contributed by atoms with Crippen LogP contribution in [0.25, 0.3) is 0 Å². The van der Waals surface area contributed by atoms with Crippen molar-refractivity contribution in [2.45, 2.75) is 12.5 Å². The van der Waals surface area contributed by atoms with Gasteiger partial charge >= 0.3 is 0 Å². The first kappa shape index (κ1) is 11.0. The highest BCUT2D eigenvalue weighted by atomic mass is 19.3. The van der Waals surface area contributed by atoms with Crippen molar-refractivity contribution in [3.8, 4) is 0 Å². The zero-order chi connectivity index (χ0) is 10.7. The van der Waals surface area contributed by atoms with E-state index in [4.69, 9.17) is 11.5 Å². The number of alkyl halides is 2. The third-order valence-corrected chi connectivity index (χ3v) is 1.93. The first-order chi connectivity index (χ1) is 6.56. The fourth-order valence-corrected chi connectivity index (χ4v) is 1.11. The zero-order valence-electron chi connectivity index (χ0n) is 7.38. The van der Waals surface area contributed by atoms with Crippen molar-refractivity contribution < 1.29 is 13.2 Å². The molecule has 0 unspecified atom stereocenters. The van der Waals surface area contributed by atoms with Crippen molar-refractivity contribution in [3.63, 3.8) is 0 Å². The van der Waals surface area contributed by atoms with Crippen molar-refractivity contribution in [1.82, 2.24) is 0 Å². The van der Waals surface area contributed by atoms with Crippen LogP contribution in [0.3, 0.4) is 0 Å². The van der Waals surface area contributed by atoms with Gasteiger partial charge < -0.3 is 11.5 Å². The molecule has 0 aliphatic heterocycles. The van der Waals surface area contributed by atoms with Gasteiger partial charge in [-0.15, -0.1) is 0 Å². The molecule has 0 bridgehead atoms. The van der Waals surface area contributed by atoms with Crippen molar-refractivity contribution in [3.05, 3.63) is 35.1 Å². The van der Waals surface area contributed by atoms with Gasteiger partial charge in [0.25, 0.3) is 6.43 Å². The summed E-state index contributed by atoms with van der Waals surface area (Å²) >= 11 is 0. The molecule has 0 saturated heterocycles. The fourth-order valence-electron chi connectivity index (χ4n) is 1.11. The summed E-state index contributed by atoms with van der Waals surface area (Å²) in [5, 5.41) is 0. The molecular weight excluding hydrogens is 193 g/mol. The van der Waals surface area contributed by atoms with Crippen LogP contribution in [-0.2, 0) is 0 Å². The van der Waals surface area contributed by atoms with E-state index in [1.165, 1.54) is 0 Å². The molecule has 1 rings (SSSR count). The maximum Gasteiger partial charge on any atom is 0.263 e. The highest BCUT2D eigenvalue weighted by Gasteiger charge is 2.14. The molecule has 0 aromatic heterocycles. The standard InChI is InChI=1S/C9H11F3N2/c10-7-2-1-5(9(11)12)3-6(7)8(14)4-13/h1-3,8-9H,4,13-14H2/t8-/m1/s1. The smallest absolute Gasteiger partial charge is 0.263 e. The molecule has 78 valence electrons. The van der Waals surface area contributed by atoms with E-state index in [-0.39, 0.29) is 17.7 Å². The molecule has 14 heavy (non-hydrogen) atoms. The molecule has 0 amide bonds. The van der Waals surface area contributed by atoms with Gasteiger partial charge in [-0.3, -0.25) is 0 Å². The average molecular weight is 204 g/mol. The molecule has 0 saturated carbocycles. The Kier molecular flexibility index (Phi) is 3.49. The van der Waals surface area contributed by atoms with E-state index in [0.29, 0.717) is 0 Å². The maximum atomic E-state index is 13.1. The van der Waals surface area contributed by atoms with E-state index in [9.17, 15) is 13.2 Å². The second-order valence-electron chi connectivity index (χ2n) is 2.92. The third kappa shape index (κ3) is 2.24. The number of rotatable bonds is 3. The minimum Gasteiger partial charge on any atom is -0.329 e. The Morgan fingerprint density at radius 3 is 2.43 bits per heavy atom. The van der Waals surface area contributed by atoms with Crippen LogP contribution < -0.4 is 11.5 Å². The first-order valence-corrected chi connectivity index (χ1v) is 4.09. The van der Waals surface area contributed by atoms with Gasteiger partial charge in [0, 0.05) is 23.7 Å². The van der Waals surface area contributed by atoms with Crippen molar-refractivity contribution in [2.75, 3.05) is 6.54 Å². The summed E-state index contributed by atoms with van der Waals surface area (Å²) < 4.78 is 37.6. The van der Waals surface area contributed by atoms with Gasteiger partial charge in [0.15, 0.2) is 0 Å². The van der Waals surface area contributed by atoms with Gasteiger partial charge in [0.2, 0.25) is 0 Å². The van der Waals surface area contributed by atoms with E-state index in [0.717, 1.165) is 18.2 Å². The van der Waals surface area contributed by atoms with Crippen molar-refractivity contribution in [1.29, 1.82) is 0 Å². The Labute approximate surface area is 79.7 Å². The van der Waals surface area contributed by atoms with Crippen LogP contribution in [0.2, 0.25) is 0 Å². The lowest BCUT2D eigenvalue weighted by Crippen LogP contribution is -2.22. The molecule has 2 nitrogen and oxygen atoms in total. The number of halogens is 3. The fraction of sp³-hybridized carbons (Fsp3) is 0.333. The van der Waals surface area contributed by atoms with E-state index in [1.54, 1.807) is 0 Å². The normalized spacial score (nSPS) is 13.3. The summed E-state index contributed by atoms with van der Waals surface area (Å²) in [5.74, 6) is -0.604. The lowest BCUT2D eigenvalue weighted by molar-refractivity contribution is 0.151. The van der Waals surface area contributed by atoms with Crippen LogP contribution in [0.15, 0.2) is 18.2 Å². The van der Waals surface area contributed by atoms with Gasteiger partial charge in [0.05, 0.1) is 0 Å². The summed E-state index contributed by atoms with van der Waals surface area (Å²) in [7, 11) is 0. The highest BCUT2D eigenvalue weighted by Crippen LogP contribution is 2.23. The van der Waals surface area contributed by atoms with Crippen LogP contribution in [0.5, 0.6) is 0 Å². The minimum atomic E-state index is -2.63. The molecule has 4 N–H and O–H groups in total. The molecule has 0 radical (unpaired) electrons. The molecule has 0 spiro atoms. The topological polar surface area (TPSA) is 52.0 Å². The van der Waals surface area contributed by atoms with E-state index in [2.05, 4.69) is 0 Å². The highest BCUT2D eigenvalue weighted by molar-refractivity contribution is 5.28. The summed E-state index contributed by atoms with van der Waals surface area (Å²) in [6, 6.07) is 2.32. The Balaban J connectivity index is 3.08. The Bertz CT molecular complexity index is 315. The quantitative estimate of drug-likeness (QED) is 0.787. The largest absolute Gasteiger partial charge is 0.329 e. The zero-order valence-corrected chi connectivity index (χ0v) is 7.38. The van der Waals surface area contributed by atoms with Crippen LogP contribution in [0.1, 0.15) is 23.6 Å². The van der Waals surface area contributed by atoms with Crippen LogP contribution in [0, 0.1) is 5.82 Å². The summed E-state index contributed by atoms with van der Waals surface area (Å²) in [6.07, 6.45) is -2.63. The predicted octanol–water partition coefficient (Wildman–Crippen LogP) is 1.72. The van der Waals surface area contributed by atoms with Gasteiger partial charge in [-0.2, -0.15) is 0 Å². The molecule has 1 atom stereocenters. The second kappa shape index (κ2) is 4.43. The number of hydrogen-bond donors (Lipinski definition) is 2. The summed E-state index contributed by atoms with van der Waals surface area (Å²) in [5.41, 5.74) is 10.5. The molecule has 5 heteroatoms. The lowest BCUT2D eigenvalue weighted by atomic mass is 10.0. The number of nitrogens with two attached hydrogens (primary N) is 2. The molecule has 0 aliphatic rings. The minimum absolute atomic E-state index is 0.0175. The molecule has 0 fully saturated rings. The third-order valence-electron chi connectivity index (χ3n) is 1.93. The average Bonchev–Trinajstić information content (AvgIpc) is 2.17. The lowest BCUT2D eigenvalue weighted by Gasteiger charge is -2.11. The summed E-state index contributed by atoms with van der Waals surface area (Å²) in [4.78, 5) is 0. The van der Waals surface area contributed by atoms with E-state index < -0.39 is 18.3 Å². The monoisotopic (exact) mass is 204 g/mol. The molecule has 1 aromatic rings. The molecule has 0 heterocycles. The second-order valence-corrected chi connectivity index (χ2v) is 2.92. The molecule has 0 aliphatic carbocycles. The SMILES string of the molecule is NC[C@@H](N)c1cc(C(F)F)ccc1F. The number of benzene rings is 1. The first-order valence-electron chi connectivity index (χ1n) is 4.09. The molecular formula is C9H11F3N2.